The van der Waals surface area contributed by atoms with Gasteiger partial charge in [0, 0.05) is 30.2 Å². The van der Waals surface area contributed by atoms with E-state index in [4.69, 9.17) is 0 Å². The molecule has 3 aliphatic heterocycles. The van der Waals surface area contributed by atoms with Gasteiger partial charge in [-0.2, -0.15) is 0 Å². The summed E-state index contributed by atoms with van der Waals surface area (Å²) in [6.07, 6.45) is 5.04. The summed E-state index contributed by atoms with van der Waals surface area (Å²) >= 11 is 0. The maximum absolute atomic E-state index is 14.3. The van der Waals surface area contributed by atoms with Crippen molar-refractivity contribution in [1.82, 2.24) is 10.6 Å². The first-order valence-electron chi connectivity index (χ1n) is 8.27. The van der Waals surface area contributed by atoms with Crippen LogP contribution in [0.4, 0.5) is 10.1 Å². The smallest absolute Gasteiger partial charge is 0.254 e. The van der Waals surface area contributed by atoms with Gasteiger partial charge in [-0.1, -0.05) is 0 Å². The summed E-state index contributed by atoms with van der Waals surface area (Å²) in [7, 11) is 0. The highest BCUT2D eigenvalue weighted by Gasteiger charge is 2.34. The summed E-state index contributed by atoms with van der Waals surface area (Å²) in [6.45, 7) is 0. The molecule has 1 aromatic rings. The molecule has 2 fully saturated rings. The van der Waals surface area contributed by atoms with Crippen LogP contribution < -0.4 is 16.0 Å². The lowest BCUT2D eigenvalue weighted by Crippen LogP contribution is -2.48. The Hall–Kier alpha value is -1.95. The quantitative estimate of drug-likeness (QED) is 0.778. The van der Waals surface area contributed by atoms with Crippen molar-refractivity contribution in [2.45, 2.75) is 56.7 Å². The number of piperidine rings is 1. The van der Waals surface area contributed by atoms with E-state index in [0.29, 0.717) is 30.6 Å². The molecular formula is C17H20FN3O2. The zero-order valence-corrected chi connectivity index (χ0v) is 12.8. The fourth-order valence-corrected chi connectivity index (χ4v) is 4.01. The summed E-state index contributed by atoms with van der Waals surface area (Å²) in [4.78, 5) is 23.8. The van der Waals surface area contributed by atoms with Crippen LogP contribution in [-0.2, 0) is 11.2 Å². The molecule has 122 valence electrons. The number of benzene rings is 1. The fourth-order valence-electron chi connectivity index (χ4n) is 4.01. The van der Waals surface area contributed by atoms with E-state index in [0.717, 1.165) is 31.2 Å². The Kier molecular flexibility index (Phi) is 3.56. The molecule has 2 unspecified atom stereocenters. The second-order valence-corrected chi connectivity index (χ2v) is 6.82. The zero-order chi connectivity index (χ0) is 16.0. The number of nitrogens with one attached hydrogen (secondary N) is 3. The van der Waals surface area contributed by atoms with Crippen molar-refractivity contribution in [3.8, 4) is 0 Å². The maximum atomic E-state index is 14.3. The number of hydrogen-bond donors (Lipinski definition) is 3. The molecule has 0 aliphatic carbocycles. The standard InChI is InChI=1S/C17H20FN3O2/c18-14-8-15-9(1-4-16(22)21-15)5-13(14)17(23)20-12-6-10-2-3-11(7-12)19-10/h5,8,10-12,19H,1-4,6-7H2,(H,20,23)(H,21,22). The van der Waals surface area contributed by atoms with Crippen molar-refractivity contribution in [1.29, 1.82) is 0 Å². The van der Waals surface area contributed by atoms with Gasteiger partial charge in [0.1, 0.15) is 5.82 Å². The van der Waals surface area contributed by atoms with Gasteiger partial charge in [-0.15, -0.1) is 0 Å². The lowest BCUT2D eigenvalue weighted by atomic mass is 9.97. The fraction of sp³-hybridized carbons (Fsp3) is 0.529. The van der Waals surface area contributed by atoms with Crippen LogP contribution in [0.25, 0.3) is 0 Å². The predicted molar refractivity (Wildman–Crippen MR) is 83.8 cm³/mol. The molecule has 2 saturated heterocycles. The minimum absolute atomic E-state index is 0.0748. The molecule has 1 aromatic carbocycles. The third kappa shape index (κ3) is 2.83. The van der Waals surface area contributed by atoms with E-state index < -0.39 is 5.82 Å². The number of fused-ring (bicyclic) bond motifs is 3. The number of carbonyl (C=O) groups is 2. The Bertz CT molecular complexity index is 664. The summed E-state index contributed by atoms with van der Waals surface area (Å²) in [6, 6.07) is 3.89. The van der Waals surface area contributed by atoms with E-state index >= 15 is 0 Å². The first-order chi connectivity index (χ1) is 11.1. The number of anilines is 1. The minimum atomic E-state index is -0.583. The van der Waals surface area contributed by atoms with Crippen LogP contribution in [0.5, 0.6) is 0 Å². The Morgan fingerprint density at radius 1 is 1.17 bits per heavy atom. The number of hydrogen-bond acceptors (Lipinski definition) is 3. The molecule has 2 amide bonds. The van der Waals surface area contributed by atoms with Gasteiger partial charge in [-0.25, -0.2) is 4.39 Å². The third-order valence-electron chi connectivity index (χ3n) is 5.14. The summed E-state index contributed by atoms with van der Waals surface area (Å²) in [5, 5.41) is 9.16. The molecule has 2 bridgehead atoms. The van der Waals surface area contributed by atoms with E-state index in [2.05, 4.69) is 16.0 Å². The van der Waals surface area contributed by atoms with Crippen molar-refractivity contribution >= 4 is 17.5 Å². The van der Waals surface area contributed by atoms with Crippen molar-refractivity contribution in [3.05, 3.63) is 29.1 Å². The second kappa shape index (κ2) is 5.60. The van der Waals surface area contributed by atoms with Crippen LogP contribution in [0.1, 0.15) is 48.0 Å². The third-order valence-corrected chi connectivity index (χ3v) is 5.14. The molecule has 4 rings (SSSR count). The molecule has 23 heavy (non-hydrogen) atoms. The SMILES string of the molecule is O=C1CCc2cc(C(=O)NC3CC4CCC(C3)N4)c(F)cc2N1. The average molecular weight is 317 g/mol. The molecule has 3 aliphatic rings. The topological polar surface area (TPSA) is 70.2 Å². The van der Waals surface area contributed by atoms with Crippen molar-refractivity contribution in [3.63, 3.8) is 0 Å². The number of rotatable bonds is 2. The average Bonchev–Trinajstić information content (AvgIpc) is 2.85. The van der Waals surface area contributed by atoms with Crippen LogP contribution in [0, 0.1) is 5.82 Å². The molecule has 0 saturated carbocycles. The molecule has 3 heterocycles. The summed E-state index contributed by atoms with van der Waals surface area (Å²) < 4.78 is 14.3. The first-order valence-corrected chi connectivity index (χ1v) is 8.27. The van der Waals surface area contributed by atoms with Crippen LogP contribution in [-0.4, -0.2) is 29.9 Å². The van der Waals surface area contributed by atoms with Gasteiger partial charge in [0.05, 0.1) is 5.56 Å². The highest BCUT2D eigenvalue weighted by atomic mass is 19.1. The molecule has 5 nitrogen and oxygen atoms in total. The van der Waals surface area contributed by atoms with Crippen molar-refractivity contribution < 1.29 is 14.0 Å². The van der Waals surface area contributed by atoms with Gasteiger partial charge in [-0.3, -0.25) is 9.59 Å². The molecule has 2 atom stereocenters. The number of aryl methyl sites for hydroxylation is 1. The van der Waals surface area contributed by atoms with Gasteiger partial charge in [0.25, 0.3) is 5.91 Å². The monoisotopic (exact) mass is 317 g/mol. The van der Waals surface area contributed by atoms with E-state index in [1.165, 1.54) is 6.07 Å². The lowest BCUT2D eigenvalue weighted by Gasteiger charge is -2.29. The van der Waals surface area contributed by atoms with Gasteiger partial charge in [0.2, 0.25) is 5.91 Å². The van der Waals surface area contributed by atoms with Gasteiger partial charge >= 0.3 is 0 Å². The molecule has 3 N–H and O–H groups in total. The Labute approximate surface area is 134 Å². The van der Waals surface area contributed by atoms with E-state index in [1.54, 1.807) is 6.07 Å². The Morgan fingerprint density at radius 3 is 2.65 bits per heavy atom. The molecule has 0 spiro atoms. The lowest BCUT2D eigenvalue weighted by molar-refractivity contribution is -0.116. The normalized spacial score (nSPS) is 28.9. The number of carbonyl (C=O) groups excluding carboxylic acids is 2. The maximum Gasteiger partial charge on any atom is 0.254 e. The van der Waals surface area contributed by atoms with Gasteiger partial charge in [-0.05, 0) is 49.8 Å². The number of amides is 2. The van der Waals surface area contributed by atoms with Crippen LogP contribution in [0.2, 0.25) is 0 Å². The highest BCUT2D eigenvalue weighted by Crippen LogP contribution is 2.28. The van der Waals surface area contributed by atoms with E-state index in [9.17, 15) is 14.0 Å². The first kappa shape index (κ1) is 14.6. The van der Waals surface area contributed by atoms with Crippen LogP contribution in [0.3, 0.4) is 0 Å². The zero-order valence-electron chi connectivity index (χ0n) is 12.8. The summed E-state index contributed by atoms with van der Waals surface area (Å²) in [5.41, 5.74) is 1.38. The molecule has 0 radical (unpaired) electrons. The number of halogens is 1. The molecule has 0 aromatic heterocycles. The van der Waals surface area contributed by atoms with Gasteiger partial charge < -0.3 is 16.0 Å². The van der Waals surface area contributed by atoms with E-state index in [1.807, 2.05) is 0 Å². The minimum Gasteiger partial charge on any atom is -0.349 e. The Morgan fingerprint density at radius 2 is 1.91 bits per heavy atom. The summed E-state index contributed by atoms with van der Waals surface area (Å²) in [5.74, 6) is -1.05. The molecule has 6 heteroatoms. The molecular weight excluding hydrogens is 297 g/mol. The highest BCUT2D eigenvalue weighted by molar-refractivity contribution is 5.98. The van der Waals surface area contributed by atoms with Crippen LogP contribution >= 0.6 is 0 Å². The van der Waals surface area contributed by atoms with Crippen molar-refractivity contribution in [2.75, 3.05) is 5.32 Å². The predicted octanol–water partition coefficient (Wildman–Crippen LogP) is 1.72. The van der Waals surface area contributed by atoms with Crippen LogP contribution in [0.15, 0.2) is 12.1 Å². The largest absolute Gasteiger partial charge is 0.349 e. The second-order valence-electron chi connectivity index (χ2n) is 6.82. The van der Waals surface area contributed by atoms with Gasteiger partial charge in [0.15, 0.2) is 0 Å². The Balaban J connectivity index is 1.51. The van der Waals surface area contributed by atoms with Crippen molar-refractivity contribution in [2.24, 2.45) is 0 Å². The van der Waals surface area contributed by atoms with E-state index in [-0.39, 0.29) is 23.4 Å².